The van der Waals surface area contributed by atoms with Crippen LogP contribution in [-0.2, 0) is 13.0 Å². The van der Waals surface area contributed by atoms with Crippen LogP contribution in [0.15, 0.2) is 83.8 Å². The van der Waals surface area contributed by atoms with Crippen molar-refractivity contribution in [2.45, 2.75) is 37.2 Å². The minimum Gasteiger partial charge on any atom is -0.365 e. The van der Waals surface area contributed by atoms with Crippen LogP contribution in [0, 0.1) is 0 Å². The van der Waals surface area contributed by atoms with Gasteiger partial charge in [-0.05, 0) is 49.1 Å². The molecule has 0 bridgehead atoms. The second kappa shape index (κ2) is 9.86. The Morgan fingerprint density at radius 3 is 2.43 bits per heavy atom. The zero-order chi connectivity index (χ0) is 20.8. The first kappa shape index (κ1) is 20.5. The van der Waals surface area contributed by atoms with Crippen molar-refractivity contribution in [1.29, 1.82) is 0 Å². The highest BCUT2D eigenvalue weighted by atomic mass is 32.2. The van der Waals surface area contributed by atoms with Crippen LogP contribution in [0.4, 0.5) is 5.69 Å². The van der Waals surface area contributed by atoms with Crippen LogP contribution in [0.25, 0.3) is 0 Å². The number of nitrogens with one attached hydrogen (secondary N) is 1. The lowest BCUT2D eigenvalue weighted by Crippen LogP contribution is -2.33. The molecule has 0 saturated heterocycles. The standard InChI is InChI=1S/C26H28N2OS/c1-20(12-13-21-8-4-2-5-9-21)27-26(29)23-14-15-25-24(18-23)28(16-17-30-25)19-22-10-6-3-7-11-22/h2-11,14-15,18,20H,12-13,16-17,19H2,1H3,(H,27,29)/t20-/m0/s1. The molecule has 0 aliphatic carbocycles. The van der Waals surface area contributed by atoms with Crippen LogP contribution >= 0.6 is 11.8 Å². The Morgan fingerprint density at radius 1 is 1.00 bits per heavy atom. The summed E-state index contributed by atoms with van der Waals surface area (Å²) in [5.74, 6) is 1.08. The average Bonchev–Trinajstić information content (AvgIpc) is 2.79. The summed E-state index contributed by atoms with van der Waals surface area (Å²) in [5.41, 5.74) is 4.50. The number of hydrogen-bond donors (Lipinski definition) is 1. The molecule has 0 unspecified atom stereocenters. The third-order valence-corrected chi connectivity index (χ3v) is 6.53. The topological polar surface area (TPSA) is 32.3 Å². The SMILES string of the molecule is C[C@@H](CCc1ccccc1)NC(=O)c1ccc2c(c1)N(Cc1ccccc1)CCS2. The van der Waals surface area contributed by atoms with Gasteiger partial charge in [-0.3, -0.25) is 4.79 Å². The summed E-state index contributed by atoms with van der Waals surface area (Å²) in [4.78, 5) is 16.5. The van der Waals surface area contributed by atoms with Crippen molar-refractivity contribution in [1.82, 2.24) is 5.32 Å². The molecule has 1 amide bonds. The number of fused-ring (bicyclic) bond motifs is 1. The van der Waals surface area contributed by atoms with Gasteiger partial charge in [0.2, 0.25) is 0 Å². The molecule has 1 heterocycles. The van der Waals surface area contributed by atoms with Crippen molar-refractivity contribution in [3.05, 3.63) is 95.6 Å². The van der Waals surface area contributed by atoms with Gasteiger partial charge in [-0.1, -0.05) is 60.7 Å². The molecule has 4 heteroatoms. The molecule has 4 rings (SSSR count). The van der Waals surface area contributed by atoms with Gasteiger partial charge >= 0.3 is 0 Å². The van der Waals surface area contributed by atoms with E-state index >= 15 is 0 Å². The van der Waals surface area contributed by atoms with Crippen LogP contribution in [-0.4, -0.2) is 24.2 Å². The Bertz CT molecular complexity index is 975. The van der Waals surface area contributed by atoms with Crippen molar-refractivity contribution in [2.24, 2.45) is 0 Å². The van der Waals surface area contributed by atoms with Gasteiger partial charge in [-0.15, -0.1) is 11.8 Å². The number of amides is 1. The summed E-state index contributed by atoms with van der Waals surface area (Å²) in [6.07, 6.45) is 1.89. The summed E-state index contributed by atoms with van der Waals surface area (Å²) < 4.78 is 0. The number of benzene rings is 3. The van der Waals surface area contributed by atoms with E-state index in [4.69, 9.17) is 0 Å². The second-order valence-corrected chi connectivity index (χ2v) is 8.97. The first-order valence-corrected chi connectivity index (χ1v) is 11.6. The molecule has 30 heavy (non-hydrogen) atoms. The Balaban J connectivity index is 1.42. The van der Waals surface area contributed by atoms with Crippen molar-refractivity contribution in [3.63, 3.8) is 0 Å². The second-order valence-electron chi connectivity index (χ2n) is 7.84. The van der Waals surface area contributed by atoms with Crippen molar-refractivity contribution < 1.29 is 4.79 Å². The molecule has 0 saturated carbocycles. The lowest BCUT2D eigenvalue weighted by molar-refractivity contribution is 0.0938. The van der Waals surface area contributed by atoms with E-state index in [2.05, 4.69) is 77.8 Å². The van der Waals surface area contributed by atoms with Gasteiger partial charge in [0.1, 0.15) is 0 Å². The van der Waals surface area contributed by atoms with E-state index < -0.39 is 0 Å². The Hall–Kier alpha value is -2.72. The van der Waals surface area contributed by atoms with Crippen LogP contribution < -0.4 is 10.2 Å². The van der Waals surface area contributed by atoms with E-state index in [1.165, 1.54) is 21.7 Å². The van der Waals surface area contributed by atoms with E-state index in [-0.39, 0.29) is 11.9 Å². The zero-order valence-corrected chi connectivity index (χ0v) is 18.2. The highest BCUT2D eigenvalue weighted by Gasteiger charge is 2.20. The smallest absolute Gasteiger partial charge is 0.251 e. The predicted octanol–water partition coefficient (Wildman–Crippen LogP) is 5.55. The lowest BCUT2D eigenvalue weighted by Gasteiger charge is -2.31. The van der Waals surface area contributed by atoms with Gasteiger partial charge in [0, 0.05) is 35.3 Å². The molecule has 0 radical (unpaired) electrons. The maximum Gasteiger partial charge on any atom is 0.251 e. The van der Waals surface area contributed by atoms with E-state index in [1.807, 2.05) is 30.0 Å². The Labute approximate surface area is 183 Å². The fourth-order valence-electron chi connectivity index (χ4n) is 3.79. The highest BCUT2D eigenvalue weighted by Crippen LogP contribution is 2.36. The van der Waals surface area contributed by atoms with Gasteiger partial charge in [-0.25, -0.2) is 0 Å². The molecule has 154 valence electrons. The number of hydrogen-bond acceptors (Lipinski definition) is 3. The van der Waals surface area contributed by atoms with E-state index in [9.17, 15) is 4.79 Å². The summed E-state index contributed by atoms with van der Waals surface area (Å²) in [6.45, 7) is 3.94. The summed E-state index contributed by atoms with van der Waals surface area (Å²) in [6, 6.07) is 27.2. The molecule has 3 aromatic rings. The summed E-state index contributed by atoms with van der Waals surface area (Å²) >= 11 is 1.87. The number of anilines is 1. The third-order valence-electron chi connectivity index (χ3n) is 5.48. The maximum atomic E-state index is 12.9. The average molecular weight is 417 g/mol. The quantitative estimate of drug-likeness (QED) is 0.548. The zero-order valence-electron chi connectivity index (χ0n) is 17.4. The fraction of sp³-hybridized carbons (Fsp3) is 0.269. The van der Waals surface area contributed by atoms with Gasteiger partial charge in [0.15, 0.2) is 0 Å². The van der Waals surface area contributed by atoms with E-state index in [1.54, 1.807) is 0 Å². The third kappa shape index (κ3) is 5.25. The maximum absolute atomic E-state index is 12.9. The number of nitrogens with zero attached hydrogens (tertiary/aromatic N) is 1. The minimum atomic E-state index is 0.00796. The van der Waals surface area contributed by atoms with Crippen molar-refractivity contribution in [3.8, 4) is 0 Å². The van der Waals surface area contributed by atoms with Gasteiger partial charge in [-0.2, -0.15) is 0 Å². The summed E-state index contributed by atoms with van der Waals surface area (Å²) in [7, 11) is 0. The van der Waals surface area contributed by atoms with E-state index in [0.29, 0.717) is 0 Å². The highest BCUT2D eigenvalue weighted by molar-refractivity contribution is 7.99. The molecular weight excluding hydrogens is 388 g/mol. The number of carbonyl (C=O) groups excluding carboxylic acids is 1. The van der Waals surface area contributed by atoms with Crippen LogP contribution in [0.3, 0.4) is 0 Å². The molecule has 1 aliphatic rings. The molecule has 3 aromatic carbocycles. The minimum absolute atomic E-state index is 0.00796. The van der Waals surface area contributed by atoms with Crippen molar-refractivity contribution in [2.75, 3.05) is 17.2 Å². The summed E-state index contributed by atoms with van der Waals surface area (Å²) in [5, 5.41) is 3.17. The molecule has 0 spiro atoms. The van der Waals surface area contributed by atoms with Gasteiger partial charge in [0.05, 0.1) is 5.69 Å². The Kier molecular flexibility index (Phi) is 6.75. The first-order chi connectivity index (χ1) is 14.7. The molecule has 1 N–H and O–H groups in total. The number of rotatable bonds is 7. The Morgan fingerprint density at radius 2 is 1.70 bits per heavy atom. The molecule has 3 nitrogen and oxygen atoms in total. The van der Waals surface area contributed by atoms with Gasteiger partial charge < -0.3 is 10.2 Å². The largest absolute Gasteiger partial charge is 0.365 e. The monoisotopic (exact) mass is 416 g/mol. The number of carbonyl (C=O) groups is 1. The molecule has 1 atom stereocenters. The van der Waals surface area contributed by atoms with Crippen molar-refractivity contribution >= 4 is 23.4 Å². The number of aryl methyl sites for hydroxylation is 1. The van der Waals surface area contributed by atoms with E-state index in [0.717, 1.165) is 37.2 Å². The fourth-order valence-corrected chi connectivity index (χ4v) is 4.82. The normalized spacial score (nSPS) is 14.1. The molecule has 1 aliphatic heterocycles. The molecule has 0 aromatic heterocycles. The van der Waals surface area contributed by atoms with Crippen LogP contribution in [0.5, 0.6) is 0 Å². The first-order valence-electron chi connectivity index (χ1n) is 10.6. The lowest BCUT2D eigenvalue weighted by atomic mass is 10.1. The number of thioether (sulfide) groups is 1. The van der Waals surface area contributed by atoms with Crippen LogP contribution in [0.1, 0.15) is 34.8 Å². The van der Waals surface area contributed by atoms with Gasteiger partial charge in [0.25, 0.3) is 5.91 Å². The molecule has 0 fully saturated rings. The predicted molar refractivity (Wildman–Crippen MR) is 126 cm³/mol. The van der Waals surface area contributed by atoms with Crippen LogP contribution in [0.2, 0.25) is 0 Å². The molecular formula is C26H28N2OS.